The SMILES string of the molecule is O=C(Nc1ncc[nH]1)c1ccnc(Cl)c1[N+](=O)[O-]. The van der Waals surface area contributed by atoms with Crippen molar-refractivity contribution in [3.8, 4) is 0 Å². The Morgan fingerprint density at radius 1 is 1.44 bits per heavy atom. The average molecular weight is 268 g/mol. The molecule has 92 valence electrons. The fourth-order valence-electron chi connectivity index (χ4n) is 1.29. The molecule has 0 fully saturated rings. The van der Waals surface area contributed by atoms with Gasteiger partial charge in [0.25, 0.3) is 5.91 Å². The molecule has 2 aromatic rings. The van der Waals surface area contributed by atoms with Gasteiger partial charge in [-0.15, -0.1) is 0 Å². The van der Waals surface area contributed by atoms with Crippen LogP contribution in [0, 0.1) is 10.1 Å². The van der Waals surface area contributed by atoms with Gasteiger partial charge in [-0.3, -0.25) is 20.2 Å². The summed E-state index contributed by atoms with van der Waals surface area (Å²) in [6.45, 7) is 0. The highest BCUT2D eigenvalue weighted by atomic mass is 35.5. The van der Waals surface area contributed by atoms with Gasteiger partial charge in [-0.25, -0.2) is 9.97 Å². The number of hydrogen-bond acceptors (Lipinski definition) is 5. The number of imidazole rings is 1. The summed E-state index contributed by atoms with van der Waals surface area (Å²) in [6.07, 6.45) is 4.15. The Bertz CT molecular complexity index is 598. The minimum Gasteiger partial charge on any atom is -0.331 e. The maximum Gasteiger partial charge on any atom is 0.319 e. The smallest absolute Gasteiger partial charge is 0.319 e. The maximum atomic E-state index is 11.8. The Kier molecular flexibility index (Phi) is 3.20. The molecular formula is C9H6ClN5O3. The molecule has 0 aliphatic rings. The second-order valence-electron chi connectivity index (χ2n) is 3.15. The van der Waals surface area contributed by atoms with E-state index < -0.39 is 16.5 Å². The Labute approximate surface area is 105 Å². The van der Waals surface area contributed by atoms with Crippen LogP contribution in [0.3, 0.4) is 0 Å². The highest BCUT2D eigenvalue weighted by Gasteiger charge is 2.25. The summed E-state index contributed by atoms with van der Waals surface area (Å²) in [7, 11) is 0. The molecule has 0 saturated heterocycles. The molecule has 0 radical (unpaired) electrons. The monoisotopic (exact) mass is 267 g/mol. The summed E-state index contributed by atoms with van der Waals surface area (Å²) in [6, 6.07) is 1.21. The molecule has 0 aromatic carbocycles. The molecule has 2 N–H and O–H groups in total. The second-order valence-corrected chi connectivity index (χ2v) is 3.50. The van der Waals surface area contributed by atoms with Crippen LogP contribution in [0.5, 0.6) is 0 Å². The van der Waals surface area contributed by atoms with Gasteiger partial charge in [0.05, 0.1) is 4.92 Å². The van der Waals surface area contributed by atoms with Crippen LogP contribution < -0.4 is 5.32 Å². The van der Waals surface area contributed by atoms with Crippen molar-refractivity contribution in [2.75, 3.05) is 5.32 Å². The summed E-state index contributed by atoms with van der Waals surface area (Å²) in [5, 5.41) is 12.9. The van der Waals surface area contributed by atoms with Crippen LogP contribution in [-0.4, -0.2) is 25.8 Å². The van der Waals surface area contributed by atoms with Crippen LogP contribution in [0.2, 0.25) is 5.15 Å². The van der Waals surface area contributed by atoms with E-state index in [4.69, 9.17) is 11.6 Å². The largest absolute Gasteiger partial charge is 0.331 e. The lowest BCUT2D eigenvalue weighted by Crippen LogP contribution is -2.15. The van der Waals surface area contributed by atoms with Gasteiger partial charge < -0.3 is 4.98 Å². The van der Waals surface area contributed by atoms with Gasteiger partial charge in [0.15, 0.2) is 0 Å². The molecule has 2 rings (SSSR count). The van der Waals surface area contributed by atoms with Gasteiger partial charge in [0, 0.05) is 18.6 Å². The number of amides is 1. The third-order valence-corrected chi connectivity index (χ3v) is 2.31. The molecule has 0 saturated carbocycles. The molecule has 0 aliphatic heterocycles. The summed E-state index contributed by atoms with van der Waals surface area (Å²) in [4.78, 5) is 31.9. The number of H-pyrrole nitrogens is 1. The molecule has 0 aliphatic carbocycles. The molecule has 9 heteroatoms. The predicted octanol–water partition coefficient (Wildman–Crippen LogP) is 1.62. The minimum atomic E-state index is -0.758. The Hall–Kier alpha value is -2.48. The van der Waals surface area contributed by atoms with Gasteiger partial charge in [-0.05, 0) is 6.07 Å². The first kappa shape index (κ1) is 12.0. The van der Waals surface area contributed by atoms with Gasteiger partial charge >= 0.3 is 5.69 Å². The average Bonchev–Trinajstić information content (AvgIpc) is 2.80. The fraction of sp³-hybridized carbons (Fsp3) is 0. The van der Waals surface area contributed by atoms with E-state index in [-0.39, 0.29) is 16.7 Å². The van der Waals surface area contributed by atoms with Gasteiger partial charge in [0.1, 0.15) is 5.56 Å². The van der Waals surface area contributed by atoms with Crippen molar-refractivity contribution in [2.45, 2.75) is 0 Å². The van der Waals surface area contributed by atoms with Crippen LogP contribution in [0.1, 0.15) is 10.4 Å². The summed E-state index contributed by atoms with van der Waals surface area (Å²) in [5.74, 6) is -0.511. The van der Waals surface area contributed by atoms with Crippen molar-refractivity contribution in [2.24, 2.45) is 0 Å². The highest BCUT2D eigenvalue weighted by molar-refractivity contribution is 6.32. The first-order valence-corrected chi connectivity index (χ1v) is 5.07. The Balaban J connectivity index is 2.36. The number of nitrogens with zero attached hydrogens (tertiary/aromatic N) is 3. The molecule has 0 atom stereocenters. The van der Waals surface area contributed by atoms with E-state index in [0.717, 1.165) is 0 Å². The summed E-state index contributed by atoms with van der Waals surface area (Å²) < 4.78 is 0. The number of aromatic nitrogens is 3. The molecule has 1 amide bonds. The number of pyridine rings is 1. The number of rotatable bonds is 3. The van der Waals surface area contributed by atoms with Crippen molar-refractivity contribution in [1.29, 1.82) is 0 Å². The number of nitrogens with one attached hydrogen (secondary N) is 2. The number of hydrogen-bond donors (Lipinski definition) is 2. The third kappa shape index (κ3) is 2.28. The zero-order valence-corrected chi connectivity index (χ0v) is 9.51. The molecule has 8 nitrogen and oxygen atoms in total. The van der Waals surface area contributed by atoms with Crippen LogP contribution >= 0.6 is 11.6 Å². The first-order valence-electron chi connectivity index (χ1n) is 4.69. The maximum absolute atomic E-state index is 11.8. The quantitative estimate of drug-likeness (QED) is 0.498. The Morgan fingerprint density at radius 2 is 2.22 bits per heavy atom. The molecule has 18 heavy (non-hydrogen) atoms. The molecule has 0 bridgehead atoms. The topological polar surface area (TPSA) is 114 Å². The van der Waals surface area contributed by atoms with Crippen molar-refractivity contribution < 1.29 is 9.72 Å². The van der Waals surface area contributed by atoms with E-state index in [1.807, 2.05) is 0 Å². The molecular weight excluding hydrogens is 262 g/mol. The van der Waals surface area contributed by atoms with Gasteiger partial charge in [-0.2, -0.15) is 0 Å². The number of anilines is 1. The highest BCUT2D eigenvalue weighted by Crippen LogP contribution is 2.26. The van der Waals surface area contributed by atoms with Crippen LogP contribution in [-0.2, 0) is 0 Å². The molecule has 2 aromatic heterocycles. The molecule has 0 unspecified atom stereocenters. The van der Waals surface area contributed by atoms with Crippen LogP contribution in [0.4, 0.5) is 11.6 Å². The van der Waals surface area contributed by atoms with E-state index in [0.29, 0.717) is 0 Å². The molecule has 2 heterocycles. The second kappa shape index (κ2) is 4.80. The zero-order chi connectivity index (χ0) is 13.1. The Morgan fingerprint density at radius 3 is 2.83 bits per heavy atom. The van der Waals surface area contributed by atoms with Gasteiger partial charge in [0.2, 0.25) is 11.1 Å². The third-order valence-electron chi connectivity index (χ3n) is 2.04. The van der Waals surface area contributed by atoms with Crippen molar-refractivity contribution >= 4 is 29.1 Å². The van der Waals surface area contributed by atoms with Crippen molar-refractivity contribution in [1.82, 2.24) is 15.0 Å². The van der Waals surface area contributed by atoms with Crippen molar-refractivity contribution in [3.05, 3.63) is 45.5 Å². The number of aromatic amines is 1. The van der Waals surface area contributed by atoms with E-state index in [9.17, 15) is 14.9 Å². The minimum absolute atomic E-state index is 0.183. The van der Waals surface area contributed by atoms with Gasteiger partial charge in [-0.1, -0.05) is 11.6 Å². The zero-order valence-electron chi connectivity index (χ0n) is 8.75. The number of halogens is 1. The fourth-order valence-corrected chi connectivity index (χ4v) is 1.52. The lowest BCUT2D eigenvalue weighted by atomic mass is 10.2. The summed E-state index contributed by atoms with van der Waals surface area (Å²) >= 11 is 5.59. The molecule has 0 spiro atoms. The number of carbonyl (C=O) groups excluding carboxylic acids is 1. The number of carbonyl (C=O) groups is 1. The standard InChI is InChI=1S/C9H6ClN5O3/c10-7-6(15(17)18)5(1-2-11-7)8(16)14-9-12-3-4-13-9/h1-4H,(H2,12,13,14,16). The van der Waals surface area contributed by atoms with E-state index in [1.165, 1.54) is 24.7 Å². The number of nitro groups is 1. The predicted molar refractivity (Wildman–Crippen MR) is 62.4 cm³/mol. The van der Waals surface area contributed by atoms with Crippen LogP contribution in [0.15, 0.2) is 24.7 Å². The normalized spacial score (nSPS) is 10.1. The lowest BCUT2D eigenvalue weighted by Gasteiger charge is -2.03. The first-order chi connectivity index (χ1) is 8.59. The van der Waals surface area contributed by atoms with E-state index in [2.05, 4.69) is 20.3 Å². The van der Waals surface area contributed by atoms with E-state index in [1.54, 1.807) is 0 Å². The van der Waals surface area contributed by atoms with E-state index >= 15 is 0 Å². The van der Waals surface area contributed by atoms with Crippen molar-refractivity contribution in [3.63, 3.8) is 0 Å². The summed E-state index contributed by atoms with van der Waals surface area (Å²) in [5.41, 5.74) is -0.723. The van der Waals surface area contributed by atoms with Crippen LogP contribution in [0.25, 0.3) is 0 Å². The lowest BCUT2D eigenvalue weighted by molar-refractivity contribution is -0.385.